The lowest BCUT2D eigenvalue weighted by atomic mass is 10.0. The summed E-state index contributed by atoms with van der Waals surface area (Å²) in [5.41, 5.74) is 1.02. The van der Waals surface area contributed by atoms with Crippen LogP contribution in [0.3, 0.4) is 0 Å². The molecule has 1 aliphatic rings. The number of nitrogens with zero attached hydrogens (tertiary/aromatic N) is 2. The van der Waals surface area contributed by atoms with Crippen molar-refractivity contribution in [2.24, 2.45) is 0 Å². The van der Waals surface area contributed by atoms with E-state index in [1.165, 1.54) is 4.70 Å². The second kappa shape index (κ2) is 7.27. The molecule has 1 N–H and O–H groups in total. The van der Waals surface area contributed by atoms with Crippen LogP contribution in [0, 0.1) is 0 Å². The maximum atomic E-state index is 12.6. The van der Waals surface area contributed by atoms with E-state index in [1.807, 2.05) is 30.0 Å². The van der Waals surface area contributed by atoms with Crippen LogP contribution in [0.2, 0.25) is 0 Å². The second-order valence-corrected chi connectivity index (χ2v) is 7.09. The largest absolute Gasteiger partial charge is 0.383 e. The number of hydrogen-bond acceptors (Lipinski definition) is 4. The first kappa shape index (κ1) is 16.2. The van der Waals surface area contributed by atoms with Gasteiger partial charge >= 0.3 is 6.03 Å². The topological polar surface area (TPSA) is 54.5 Å². The van der Waals surface area contributed by atoms with Crippen molar-refractivity contribution in [2.75, 3.05) is 20.3 Å². The number of hydrogen-bond donors (Lipinski definition) is 1. The van der Waals surface area contributed by atoms with E-state index in [-0.39, 0.29) is 18.1 Å². The molecule has 2 unspecified atom stereocenters. The average Bonchev–Trinajstić information content (AvgIpc) is 2.99. The fraction of sp³-hybridized carbons (Fsp3) is 0.529. The van der Waals surface area contributed by atoms with Gasteiger partial charge in [0.1, 0.15) is 5.01 Å². The van der Waals surface area contributed by atoms with Gasteiger partial charge in [-0.1, -0.05) is 12.1 Å². The molecule has 1 aromatic heterocycles. The maximum absolute atomic E-state index is 12.6. The summed E-state index contributed by atoms with van der Waals surface area (Å²) in [6.07, 6.45) is 3.16. The number of urea groups is 1. The molecule has 2 aromatic rings. The van der Waals surface area contributed by atoms with Gasteiger partial charge in [-0.05, 0) is 38.3 Å². The minimum atomic E-state index is -0.0153. The summed E-state index contributed by atoms with van der Waals surface area (Å²) >= 11 is 1.70. The highest BCUT2D eigenvalue weighted by atomic mass is 32.1. The molecular formula is C17H23N3O2S. The molecule has 0 aliphatic carbocycles. The number of benzene rings is 1. The van der Waals surface area contributed by atoms with Crippen molar-refractivity contribution in [1.29, 1.82) is 0 Å². The van der Waals surface area contributed by atoms with Crippen molar-refractivity contribution in [3.05, 3.63) is 29.3 Å². The first-order valence-electron chi connectivity index (χ1n) is 8.10. The van der Waals surface area contributed by atoms with Gasteiger partial charge in [-0.15, -0.1) is 11.3 Å². The maximum Gasteiger partial charge on any atom is 0.318 e. The summed E-state index contributed by atoms with van der Waals surface area (Å²) in [5, 5.41) is 4.06. The standard InChI is InChI=1S/C17H23N3O2S/c1-12(11-22-2)18-17(21)20-10-6-5-8-14(20)16-19-13-7-3-4-9-15(13)23-16/h3-4,7,9,12,14H,5-6,8,10-11H2,1-2H3,(H,18,21). The number of fused-ring (bicyclic) bond motifs is 1. The van der Waals surface area contributed by atoms with Gasteiger partial charge in [-0.3, -0.25) is 0 Å². The Balaban J connectivity index is 1.79. The third kappa shape index (κ3) is 3.64. The molecule has 0 bridgehead atoms. The van der Waals surface area contributed by atoms with E-state index >= 15 is 0 Å². The summed E-state index contributed by atoms with van der Waals surface area (Å²) in [4.78, 5) is 19.3. The Morgan fingerprint density at radius 2 is 2.30 bits per heavy atom. The van der Waals surface area contributed by atoms with E-state index in [4.69, 9.17) is 9.72 Å². The van der Waals surface area contributed by atoms with E-state index < -0.39 is 0 Å². The molecule has 1 aliphatic heterocycles. The van der Waals surface area contributed by atoms with Crippen molar-refractivity contribution in [1.82, 2.24) is 15.2 Å². The number of likely N-dealkylation sites (tertiary alicyclic amines) is 1. The summed E-state index contributed by atoms with van der Waals surface area (Å²) in [6, 6.07) is 8.22. The number of thiazole rings is 1. The van der Waals surface area contributed by atoms with Crippen LogP contribution >= 0.6 is 11.3 Å². The number of methoxy groups -OCH3 is 1. The number of rotatable bonds is 4. The molecule has 2 atom stereocenters. The van der Waals surface area contributed by atoms with Gasteiger partial charge < -0.3 is 15.0 Å². The zero-order valence-electron chi connectivity index (χ0n) is 13.6. The van der Waals surface area contributed by atoms with E-state index in [9.17, 15) is 4.79 Å². The van der Waals surface area contributed by atoms with Gasteiger partial charge in [0.05, 0.1) is 28.9 Å². The van der Waals surface area contributed by atoms with Crippen LogP contribution < -0.4 is 5.32 Å². The molecule has 0 saturated carbocycles. The lowest BCUT2D eigenvalue weighted by Crippen LogP contribution is -2.48. The van der Waals surface area contributed by atoms with Crippen LogP contribution in [0.15, 0.2) is 24.3 Å². The van der Waals surface area contributed by atoms with Gasteiger partial charge in [0, 0.05) is 13.7 Å². The number of para-hydroxylation sites is 1. The number of amides is 2. The molecule has 3 rings (SSSR count). The highest BCUT2D eigenvalue weighted by Crippen LogP contribution is 2.35. The molecule has 1 saturated heterocycles. The van der Waals surface area contributed by atoms with E-state index in [0.717, 1.165) is 36.3 Å². The van der Waals surface area contributed by atoms with Crippen LogP contribution in [-0.2, 0) is 4.74 Å². The number of piperidine rings is 1. The van der Waals surface area contributed by atoms with Crippen molar-refractivity contribution < 1.29 is 9.53 Å². The predicted octanol–water partition coefficient (Wildman–Crippen LogP) is 3.57. The van der Waals surface area contributed by atoms with Gasteiger partial charge in [0.25, 0.3) is 0 Å². The number of aromatic nitrogens is 1. The summed E-state index contributed by atoms with van der Waals surface area (Å²) in [5.74, 6) is 0. The van der Waals surface area contributed by atoms with Crippen LogP contribution in [0.1, 0.15) is 37.2 Å². The number of ether oxygens (including phenoxy) is 1. The normalized spacial score (nSPS) is 19.7. The quantitative estimate of drug-likeness (QED) is 0.930. The minimum absolute atomic E-state index is 0.00504. The van der Waals surface area contributed by atoms with Crippen molar-refractivity contribution in [2.45, 2.75) is 38.3 Å². The fourth-order valence-electron chi connectivity index (χ4n) is 3.05. The molecule has 6 heteroatoms. The summed E-state index contributed by atoms with van der Waals surface area (Å²) in [6.45, 7) is 3.26. The Labute approximate surface area is 140 Å². The van der Waals surface area contributed by atoms with Crippen molar-refractivity contribution >= 4 is 27.6 Å². The monoisotopic (exact) mass is 333 g/mol. The molecule has 23 heavy (non-hydrogen) atoms. The van der Waals surface area contributed by atoms with Gasteiger partial charge in [-0.2, -0.15) is 0 Å². The van der Waals surface area contributed by atoms with Crippen LogP contribution in [-0.4, -0.2) is 42.2 Å². The molecule has 1 aromatic carbocycles. The van der Waals surface area contributed by atoms with Gasteiger partial charge in [0.15, 0.2) is 0 Å². The first-order valence-corrected chi connectivity index (χ1v) is 8.92. The van der Waals surface area contributed by atoms with Gasteiger partial charge in [-0.25, -0.2) is 9.78 Å². The fourth-order valence-corrected chi connectivity index (χ4v) is 4.16. The first-order chi connectivity index (χ1) is 11.2. The number of carbonyl (C=O) groups is 1. The Bertz CT molecular complexity index is 640. The van der Waals surface area contributed by atoms with Crippen molar-refractivity contribution in [3.63, 3.8) is 0 Å². The summed E-state index contributed by atoms with van der Waals surface area (Å²) < 4.78 is 6.28. The number of nitrogens with one attached hydrogen (secondary N) is 1. The molecule has 2 heterocycles. The Morgan fingerprint density at radius 3 is 3.09 bits per heavy atom. The summed E-state index contributed by atoms with van der Waals surface area (Å²) in [7, 11) is 1.65. The minimum Gasteiger partial charge on any atom is -0.383 e. The molecular weight excluding hydrogens is 310 g/mol. The average molecular weight is 333 g/mol. The van der Waals surface area contributed by atoms with Crippen LogP contribution in [0.5, 0.6) is 0 Å². The van der Waals surface area contributed by atoms with Crippen molar-refractivity contribution in [3.8, 4) is 0 Å². The Morgan fingerprint density at radius 1 is 1.48 bits per heavy atom. The SMILES string of the molecule is COCC(C)NC(=O)N1CCCCC1c1nc2ccccc2s1. The molecule has 2 amide bonds. The highest BCUT2D eigenvalue weighted by molar-refractivity contribution is 7.18. The molecule has 0 radical (unpaired) electrons. The van der Waals surface area contributed by atoms with E-state index in [1.54, 1.807) is 18.4 Å². The third-order valence-corrected chi connectivity index (χ3v) is 5.28. The van der Waals surface area contributed by atoms with Crippen LogP contribution in [0.25, 0.3) is 10.2 Å². The molecule has 5 nitrogen and oxygen atoms in total. The predicted molar refractivity (Wildman–Crippen MR) is 92.8 cm³/mol. The zero-order valence-corrected chi connectivity index (χ0v) is 14.4. The van der Waals surface area contributed by atoms with E-state index in [2.05, 4.69) is 11.4 Å². The Kier molecular flexibility index (Phi) is 5.13. The second-order valence-electron chi connectivity index (χ2n) is 6.03. The Hall–Kier alpha value is -1.66. The third-order valence-electron chi connectivity index (χ3n) is 4.15. The highest BCUT2D eigenvalue weighted by Gasteiger charge is 2.30. The molecule has 124 valence electrons. The molecule has 0 spiro atoms. The zero-order chi connectivity index (χ0) is 16.2. The van der Waals surface area contributed by atoms with E-state index in [0.29, 0.717) is 6.61 Å². The lowest BCUT2D eigenvalue weighted by molar-refractivity contribution is 0.135. The molecule has 1 fully saturated rings. The van der Waals surface area contributed by atoms with Gasteiger partial charge in [0.2, 0.25) is 0 Å². The number of carbonyl (C=O) groups excluding carboxylic acids is 1. The van der Waals surface area contributed by atoms with Crippen LogP contribution in [0.4, 0.5) is 4.79 Å². The lowest BCUT2D eigenvalue weighted by Gasteiger charge is -2.35. The smallest absolute Gasteiger partial charge is 0.318 e.